The maximum Gasteiger partial charge on any atom is 0.175 e. The van der Waals surface area contributed by atoms with Crippen LogP contribution in [0.5, 0.6) is 5.75 Å². The van der Waals surface area contributed by atoms with Gasteiger partial charge in [-0.15, -0.1) is 0 Å². The minimum atomic E-state index is -0.111. The number of nitrogens with zero attached hydrogens (tertiary/aromatic N) is 2. The van der Waals surface area contributed by atoms with Crippen LogP contribution in [0.25, 0.3) is 0 Å². The molecule has 1 unspecified atom stereocenters. The zero-order valence-corrected chi connectivity index (χ0v) is 10.5. The second kappa shape index (κ2) is 4.33. The fourth-order valence-corrected chi connectivity index (χ4v) is 1.96. The van der Waals surface area contributed by atoms with Gasteiger partial charge in [0.15, 0.2) is 17.8 Å². The zero-order chi connectivity index (χ0) is 12.5. The van der Waals surface area contributed by atoms with E-state index in [9.17, 15) is 0 Å². The van der Waals surface area contributed by atoms with E-state index in [1.807, 2.05) is 24.3 Å². The van der Waals surface area contributed by atoms with E-state index in [0.29, 0.717) is 12.5 Å². The minimum Gasteiger partial charge on any atom is -0.478 e. The number of H-pyrrole nitrogens is 1. The van der Waals surface area contributed by atoms with Gasteiger partial charge in [0, 0.05) is 5.92 Å². The van der Waals surface area contributed by atoms with Gasteiger partial charge >= 0.3 is 0 Å². The van der Waals surface area contributed by atoms with Gasteiger partial charge in [-0.2, -0.15) is 5.10 Å². The number of hydrogen-bond acceptors (Lipinski definition) is 4. The van der Waals surface area contributed by atoms with Gasteiger partial charge in [-0.05, 0) is 12.1 Å². The summed E-state index contributed by atoms with van der Waals surface area (Å²) in [7, 11) is 0. The highest BCUT2D eigenvalue weighted by Crippen LogP contribution is 2.32. The van der Waals surface area contributed by atoms with E-state index in [2.05, 4.69) is 34.3 Å². The van der Waals surface area contributed by atoms with Crippen molar-refractivity contribution in [2.75, 3.05) is 11.9 Å². The number of nitrogens with one attached hydrogen (secondary N) is 2. The lowest BCUT2D eigenvalue weighted by Gasteiger charge is -2.25. The van der Waals surface area contributed by atoms with Gasteiger partial charge in [-0.3, -0.25) is 5.10 Å². The average molecular weight is 244 g/mol. The molecule has 1 atom stereocenters. The molecule has 5 heteroatoms. The third-order valence-electron chi connectivity index (χ3n) is 2.98. The summed E-state index contributed by atoms with van der Waals surface area (Å²) in [5.41, 5.74) is 1.03. The van der Waals surface area contributed by atoms with Gasteiger partial charge in [0.1, 0.15) is 5.75 Å². The van der Waals surface area contributed by atoms with E-state index < -0.39 is 0 Å². The molecular formula is C13H16N4O. The number of fused-ring (bicyclic) bond motifs is 1. The molecule has 0 bridgehead atoms. The van der Waals surface area contributed by atoms with Crippen molar-refractivity contribution in [3.8, 4) is 5.75 Å². The molecule has 0 amide bonds. The second-order valence-corrected chi connectivity index (χ2v) is 4.72. The first-order valence-electron chi connectivity index (χ1n) is 6.16. The van der Waals surface area contributed by atoms with Crippen LogP contribution in [0.1, 0.15) is 37.5 Å². The van der Waals surface area contributed by atoms with Crippen LogP contribution in [0.4, 0.5) is 5.69 Å². The van der Waals surface area contributed by atoms with E-state index in [4.69, 9.17) is 4.74 Å². The van der Waals surface area contributed by atoms with Crippen molar-refractivity contribution < 1.29 is 4.74 Å². The molecular weight excluding hydrogens is 228 g/mol. The summed E-state index contributed by atoms with van der Waals surface area (Å²) in [6.07, 6.45) is -0.111. The first kappa shape index (κ1) is 11.1. The summed E-state index contributed by atoms with van der Waals surface area (Å²) in [6.45, 7) is 4.84. The molecule has 5 nitrogen and oxygen atoms in total. The molecule has 3 rings (SSSR count). The van der Waals surface area contributed by atoms with E-state index in [1.54, 1.807) is 0 Å². The Bertz CT molecular complexity index is 549. The molecule has 0 radical (unpaired) electrons. The van der Waals surface area contributed by atoms with E-state index in [-0.39, 0.29) is 6.10 Å². The number of ether oxygens (including phenoxy) is 1. The molecule has 94 valence electrons. The monoisotopic (exact) mass is 244 g/mol. The molecule has 1 aliphatic heterocycles. The number of rotatable bonds is 2. The normalized spacial score (nSPS) is 18.1. The Labute approximate surface area is 106 Å². The van der Waals surface area contributed by atoms with Crippen LogP contribution < -0.4 is 10.1 Å². The van der Waals surface area contributed by atoms with Gasteiger partial charge < -0.3 is 10.1 Å². The molecule has 0 aliphatic carbocycles. The SMILES string of the molecule is CC(C)c1n[nH]c(C2CNc3ccccc3O2)n1. The lowest BCUT2D eigenvalue weighted by Crippen LogP contribution is -2.24. The molecule has 0 saturated heterocycles. The van der Waals surface area contributed by atoms with Crippen LogP contribution in [0.2, 0.25) is 0 Å². The average Bonchev–Trinajstić information content (AvgIpc) is 2.88. The van der Waals surface area contributed by atoms with E-state index in [0.717, 1.165) is 23.1 Å². The fraction of sp³-hybridized carbons (Fsp3) is 0.385. The fourth-order valence-electron chi connectivity index (χ4n) is 1.96. The van der Waals surface area contributed by atoms with E-state index in [1.165, 1.54) is 0 Å². The van der Waals surface area contributed by atoms with Crippen molar-refractivity contribution in [1.29, 1.82) is 0 Å². The highest BCUT2D eigenvalue weighted by molar-refractivity contribution is 5.57. The van der Waals surface area contributed by atoms with Crippen molar-refractivity contribution in [3.05, 3.63) is 35.9 Å². The third-order valence-corrected chi connectivity index (χ3v) is 2.98. The van der Waals surface area contributed by atoms with Crippen LogP contribution >= 0.6 is 0 Å². The summed E-state index contributed by atoms with van der Waals surface area (Å²) >= 11 is 0. The highest BCUT2D eigenvalue weighted by Gasteiger charge is 2.23. The molecule has 2 N–H and O–H groups in total. The largest absolute Gasteiger partial charge is 0.478 e. The van der Waals surface area contributed by atoms with Crippen LogP contribution in [0, 0.1) is 0 Å². The number of hydrogen-bond donors (Lipinski definition) is 2. The summed E-state index contributed by atoms with van der Waals surface area (Å²) in [4.78, 5) is 4.47. The number of anilines is 1. The predicted octanol–water partition coefficient (Wildman–Crippen LogP) is 2.47. The number of para-hydroxylation sites is 2. The molecule has 1 aliphatic rings. The van der Waals surface area contributed by atoms with Gasteiger partial charge in [0.25, 0.3) is 0 Å². The van der Waals surface area contributed by atoms with Gasteiger partial charge in [-0.1, -0.05) is 26.0 Å². The van der Waals surface area contributed by atoms with Crippen LogP contribution in [-0.4, -0.2) is 21.7 Å². The van der Waals surface area contributed by atoms with Crippen molar-refractivity contribution >= 4 is 5.69 Å². The number of aromatic amines is 1. The van der Waals surface area contributed by atoms with E-state index >= 15 is 0 Å². The quantitative estimate of drug-likeness (QED) is 0.851. The first-order valence-corrected chi connectivity index (χ1v) is 6.16. The zero-order valence-electron chi connectivity index (χ0n) is 10.5. The Balaban J connectivity index is 1.83. The molecule has 2 aromatic rings. The molecule has 18 heavy (non-hydrogen) atoms. The first-order chi connectivity index (χ1) is 8.74. The van der Waals surface area contributed by atoms with Gasteiger partial charge in [0.2, 0.25) is 0 Å². The standard InChI is InChI=1S/C13H16N4O/c1-8(2)12-15-13(17-16-12)11-7-14-9-5-3-4-6-10(9)18-11/h3-6,8,11,14H,7H2,1-2H3,(H,15,16,17). The Morgan fingerprint density at radius 3 is 2.94 bits per heavy atom. The molecule has 0 spiro atoms. The molecule has 1 aromatic heterocycles. The maximum absolute atomic E-state index is 5.91. The van der Waals surface area contributed by atoms with Gasteiger partial charge in [-0.25, -0.2) is 4.98 Å². The Morgan fingerprint density at radius 1 is 1.33 bits per heavy atom. The van der Waals surface area contributed by atoms with Crippen LogP contribution in [0.3, 0.4) is 0 Å². The Kier molecular flexibility index (Phi) is 2.66. The molecule has 0 saturated carbocycles. The minimum absolute atomic E-state index is 0.111. The summed E-state index contributed by atoms with van der Waals surface area (Å²) in [6, 6.07) is 7.91. The lowest BCUT2D eigenvalue weighted by molar-refractivity contribution is 0.201. The lowest BCUT2D eigenvalue weighted by atomic mass is 10.2. The Hall–Kier alpha value is -2.04. The predicted molar refractivity (Wildman–Crippen MR) is 68.8 cm³/mol. The van der Waals surface area contributed by atoms with Gasteiger partial charge in [0.05, 0.1) is 12.2 Å². The second-order valence-electron chi connectivity index (χ2n) is 4.72. The number of benzene rings is 1. The molecule has 1 aromatic carbocycles. The third kappa shape index (κ3) is 1.92. The topological polar surface area (TPSA) is 62.8 Å². The number of aromatic nitrogens is 3. The van der Waals surface area contributed by atoms with Crippen LogP contribution in [0.15, 0.2) is 24.3 Å². The van der Waals surface area contributed by atoms with Crippen molar-refractivity contribution in [2.24, 2.45) is 0 Å². The molecule has 0 fully saturated rings. The summed E-state index contributed by atoms with van der Waals surface area (Å²) in [5.74, 6) is 2.78. The maximum atomic E-state index is 5.91. The van der Waals surface area contributed by atoms with Crippen molar-refractivity contribution in [3.63, 3.8) is 0 Å². The van der Waals surface area contributed by atoms with Crippen molar-refractivity contribution in [2.45, 2.75) is 25.9 Å². The molecule has 2 heterocycles. The Morgan fingerprint density at radius 2 is 2.17 bits per heavy atom. The van der Waals surface area contributed by atoms with Crippen LogP contribution in [-0.2, 0) is 0 Å². The summed E-state index contributed by atoms with van der Waals surface area (Å²) in [5, 5.41) is 10.5. The smallest absolute Gasteiger partial charge is 0.175 e. The highest BCUT2D eigenvalue weighted by atomic mass is 16.5. The van der Waals surface area contributed by atoms with Crippen molar-refractivity contribution in [1.82, 2.24) is 15.2 Å². The summed E-state index contributed by atoms with van der Waals surface area (Å²) < 4.78 is 5.91.